The smallest absolute Gasteiger partial charge is 0.235 e. The Morgan fingerprint density at radius 2 is 1.83 bits per heavy atom. The summed E-state index contributed by atoms with van der Waals surface area (Å²) in [6.07, 6.45) is 1.80. The first-order valence-electron chi connectivity index (χ1n) is 8.51. The third-order valence-electron chi connectivity index (χ3n) is 5.15. The van der Waals surface area contributed by atoms with Gasteiger partial charge in [0.25, 0.3) is 0 Å². The number of likely N-dealkylation sites (tertiary alicyclic amines) is 1. The molecule has 3 rings (SSSR count). The molecule has 0 spiro atoms. The number of amides is 2. The van der Waals surface area contributed by atoms with Crippen molar-refractivity contribution in [2.24, 2.45) is 17.6 Å². The average Bonchev–Trinajstić information content (AvgIpc) is 3.03. The van der Waals surface area contributed by atoms with Gasteiger partial charge in [0.2, 0.25) is 11.8 Å². The molecule has 2 fully saturated rings. The highest BCUT2D eigenvalue weighted by atomic mass is 16.2. The lowest BCUT2D eigenvalue weighted by atomic mass is 9.87. The van der Waals surface area contributed by atoms with E-state index < -0.39 is 0 Å². The summed E-state index contributed by atoms with van der Waals surface area (Å²) >= 11 is 0. The second-order valence-corrected chi connectivity index (χ2v) is 6.70. The average molecular weight is 328 g/mol. The highest BCUT2D eigenvalue weighted by Gasteiger charge is 2.57. The van der Waals surface area contributed by atoms with E-state index in [1.165, 1.54) is 4.90 Å². The maximum atomic E-state index is 12.8. The van der Waals surface area contributed by atoms with Crippen LogP contribution in [0, 0.1) is 17.2 Å². The molecule has 0 saturated carbocycles. The predicted molar refractivity (Wildman–Crippen MR) is 91.4 cm³/mol. The van der Waals surface area contributed by atoms with Crippen molar-refractivity contribution in [3.05, 3.63) is 35.4 Å². The Balaban J connectivity index is 1.87. The monoisotopic (exact) mass is 328 g/mol. The van der Waals surface area contributed by atoms with Crippen LogP contribution in [0.25, 0.3) is 0 Å². The number of nitrogen functional groups attached to an aromatic ring is 1. The Labute approximate surface area is 141 Å². The van der Waals surface area contributed by atoms with Crippen LogP contribution in [0.2, 0.25) is 0 Å². The standard InChI is InChI=1S/C18H24N4O2/c1-3-4-9-22-17(23)13-10(2)21-15(14(13)18(22)24)11-5-7-12(8-6-11)16(19)20/h5-8,10,13-15,21H,3-4,9H2,1-2H3,(H3,19,20)/t10-,13-,14-,15-/m0/s1. The molecule has 6 heteroatoms. The van der Waals surface area contributed by atoms with Crippen LogP contribution in [-0.2, 0) is 9.59 Å². The maximum absolute atomic E-state index is 12.8. The Morgan fingerprint density at radius 1 is 1.21 bits per heavy atom. The lowest BCUT2D eigenvalue weighted by Crippen LogP contribution is -2.38. The number of hydrogen-bond acceptors (Lipinski definition) is 4. The number of amidine groups is 1. The van der Waals surface area contributed by atoms with E-state index in [1.807, 2.05) is 19.1 Å². The molecular formula is C18H24N4O2. The first-order valence-corrected chi connectivity index (χ1v) is 8.51. The second-order valence-electron chi connectivity index (χ2n) is 6.70. The van der Waals surface area contributed by atoms with E-state index >= 15 is 0 Å². The van der Waals surface area contributed by atoms with Crippen molar-refractivity contribution in [3.63, 3.8) is 0 Å². The molecule has 2 aliphatic rings. The van der Waals surface area contributed by atoms with Gasteiger partial charge in [0.05, 0.1) is 11.8 Å². The number of hydrogen-bond donors (Lipinski definition) is 3. The molecule has 2 aliphatic heterocycles. The zero-order valence-electron chi connectivity index (χ0n) is 14.1. The number of carbonyl (C=O) groups excluding carboxylic acids is 2. The number of nitrogens with two attached hydrogens (primary N) is 1. The van der Waals surface area contributed by atoms with Gasteiger partial charge in [-0.05, 0) is 18.9 Å². The van der Waals surface area contributed by atoms with Crippen molar-refractivity contribution in [2.45, 2.75) is 38.8 Å². The van der Waals surface area contributed by atoms with Gasteiger partial charge in [0.1, 0.15) is 5.84 Å². The number of unbranched alkanes of at least 4 members (excludes halogenated alkanes) is 1. The van der Waals surface area contributed by atoms with E-state index in [0.29, 0.717) is 12.1 Å². The molecule has 0 aliphatic carbocycles. The third kappa shape index (κ3) is 2.60. The van der Waals surface area contributed by atoms with E-state index in [-0.39, 0.29) is 41.6 Å². The summed E-state index contributed by atoms with van der Waals surface area (Å²) in [6, 6.07) is 7.14. The molecule has 1 aromatic rings. The first-order chi connectivity index (χ1) is 11.5. The fraction of sp³-hybridized carbons (Fsp3) is 0.500. The SMILES string of the molecule is CCCCN1C(=O)[C@@H]2[C@H](C1=O)[C@H](c1ccc(C(=N)N)cc1)N[C@H]2C. The minimum Gasteiger partial charge on any atom is -0.384 e. The van der Waals surface area contributed by atoms with Crippen LogP contribution >= 0.6 is 0 Å². The van der Waals surface area contributed by atoms with Crippen LogP contribution in [-0.4, -0.2) is 35.1 Å². The predicted octanol–water partition coefficient (Wildman–Crippen LogP) is 1.40. The summed E-state index contributed by atoms with van der Waals surface area (Å²) in [7, 11) is 0. The van der Waals surface area contributed by atoms with E-state index in [0.717, 1.165) is 18.4 Å². The first kappa shape index (κ1) is 16.6. The molecule has 0 unspecified atom stereocenters. The number of carbonyl (C=O) groups is 2. The van der Waals surface area contributed by atoms with Gasteiger partial charge in [-0.15, -0.1) is 0 Å². The zero-order chi connectivity index (χ0) is 17.4. The molecule has 0 radical (unpaired) electrons. The van der Waals surface area contributed by atoms with E-state index in [1.54, 1.807) is 12.1 Å². The van der Waals surface area contributed by atoms with Gasteiger partial charge < -0.3 is 11.1 Å². The highest BCUT2D eigenvalue weighted by Crippen LogP contribution is 2.43. The highest BCUT2D eigenvalue weighted by molar-refractivity contribution is 6.06. The molecule has 2 amide bonds. The van der Waals surface area contributed by atoms with Crippen molar-refractivity contribution in [3.8, 4) is 0 Å². The van der Waals surface area contributed by atoms with Crippen molar-refractivity contribution in [2.75, 3.05) is 6.54 Å². The minimum absolute atomic E-state index is 0.0186. The van der Waals surface area contributed by atoms with Crippen LogP contribution in [0.15, 0.2) is 24.3 Å². The number of nitrogens with one attached hydrogen (secondary N) is 2. The summed E-state index contributed by atoms with van der Waals surface area (Å²) in [5.74, 6) is -0.707. The number of benzene rings is 1. The van der Waals surface area contributed by atoms with E-state index in [4.69, 9.17) is 11.1 Å². The zero-order valence-corrected chi connectivity index (χ0v) is 14.1. The number of nitrogens with zero attached hydrogens (tertiary/aromatic N) is 1. The van der Waals surface area contributed by atoms with Gasteiger partial charge >= 0.3 is 0 Å². The Morgan fingerprint density at radius 3 is 2.42 bits per heavy atom. The molecule has 4 atom stereocenters. The lowest BCUT2D eigenvalue weighted by molar-refractivity contribution is -0.140. The molecule has 128 valence electrons. The van der Waals surface area contributed by atoms with Crippen molar-refractivity contribution in [1.82, 2.24) is 10.2 Å². The Hall–Kier alpha value is -2.21. The van der Waals surface area contributed by atoms with Crippen molar-refractivity contribution < 1.29 is 9.59 Å². The molecule has 2 heterocycles. The van der Waals surface area contributed by atoms with Gasteiger partial charge in [-0.25, -0.2) is 0 Å². The molecule has 4 N–H and O–H groups in total. The molecule has 2 saturated heterocycles. The minimum atomic E-state index is -0.340. The Bertz CT molecular complexity index is 670. The topological polar surface area (TPSA) is 99.3 Å². The lowest BCUT2D eigenvalue weighted by Gasteiger charge is -2.21. The number of rotatable bonds is 5. The molecule has 24 heavy (non-hydrogen) atoms. The van der Waals surface area contributed by atoms with Crippen LogP contribution < -0.4 is 11.1 Å². The largest absolute Gasteiger partial charge is 0.384 e. The van der Waals surface area contributed by atoms with E-state index in [2.05, 4.69) is 12.2 Å². The third-order valence-corrected chi connectivity index (χ3v) is 5.15. The summed E-state index contributed by atoms with van der Waals surface area (Å²) < 4.78 is 0. The maximum Gasteiger partial charge on any atom is 0.235 e. The van der Waals surface area contributed by atoms with Crippen LogP contribution in [0.3, 0.4) is 0 Å². The van der Waals surface area contributed by atoms with Crippen LogP contribution in [0.1, 0.15) is 43.9 Å². The van der Waals surface area contributed by atoms with Gasteiger partial charge in [-0.1, -0.05) is 37.6 Å². The second kappa shape index (κ2) is 6.36. The molecular weight excluding hydrogens is 304 g/mol. The van der Waals surface area contributed by atoms with E-state index in [9.17, 15) is 9.59 Å². The number of imide groups is 1. The van der Waals surface area contributed by atoms with Gasteiger partial charge in [0.15, 0.2) is 0 Å². The summed E-state index contributed by atoms with van der Waals surface area (Å²) in [5, 5.41) is 10.9. The summed E-state index contributed by atoms with van der Waals surface area (Å²) in [4.78, 5) is 26.9. The molecule has 0 aromatic heterocycles. The van der Waals surface area contributed by atoms with Gasteiger partial charge in [-0.3, -0.25) is 19.9 Å². The van der Waals surface area contributed by atoms with Crippen molar-refractivity contribution in [1.29, 1.82) is 5.41 Å². The molecule has 6 nitrogen and oxygen atoms in total. The summed E-state index contributed by atoms with van der Waals surface area (Å²) in [5.41, 5.74) is 7.10. The van der Waals surface area contributed by atoms with Crippen molar-refractivity contribution >= 4 is 17.6 Å². The number of fused-ring (bicyclic) bond motifs is 1. The normalized spacial score (nSPS) is 29.2. The fourth-order valence-corrected chi connectivity index (χ4v) is 3.85. The van der Waals surface area contributed by atoms with Crippen LogP contribution in [0.5, 0.6) is 0 Å². The Kier molecular flexibility index (Phi) is 4.41. The summed E-state index contributed by atoms with van der Waals surface area (Å²) in [6.45, 7) is 4.54. The van der Waals surface area contributed by atoms with Crippen LogP contribution in [0.4, 0.5) is 0 Å². The quantitative estimate of drug-likeness (QED) is 0.432. The van der Waals surface area contributed by atoms with Gasteiger partial charge in [-0.2, -0.15) is 0 Å². The fourth-order valence-electron chi connectivity index (χ4n) is 3.85. The molecule has 1 aromatic carbocycles. The van der Waals surface area contributed by atoms with Gasteiger partial charge in [0, 0.05) is 24.2 Å². The molecule has 0 bridgehead atoms.